The Hall–Kier alpha value is -4.06. The normalized spacial score (nSPS) is 11.1. The van der Waals surface area contributed by atoms with E-state index >= 15 is 0 Å². The molecular weight excluding hydrogens is 364 g/mol. The molecule has 6 nitrogen and oxygen atoms in total. The van der Waals surface area contributed by atoms with Gasteiger partial charge in [-0.3, -0.25) is 9.78 Å². The molecule has 3 aromatic heterocycles. The third-order valence-electron chi connectivity index (χ3n) is 4.83. The highest BCUT2D eigenvalue weighted by molar-refractivity contribution is 6.15. The van der Waals surface area contributed by atoms with Crippen LogP contribution in [0.15, 0.2) is 77.4 Å². The van der Waals surface area contributed by atoms with E-state index in [9.17, 15) is 4.79 Å². The first-order valence-corrected chi connectivity index (χ1v) is 9.18. The summed E-state index contributed by atoms with van der Waals surface area (Å²) in [7, 11) is 0. The van der Waals surface area contributed by atoms with Gasteiger partial charge < -0.3 is 9.84 Å². The lowest BCUT2D eigenvalue weighted by molar-refractivity contribution is 0.102. The number of benzene rings is 2. The van der Waals surface area contributed by atoms with Crippen LogP contribution in [0.3, 0.4) is 0 Å². The van der Waals surface area contributed by atoms with E-state index in [0.29, 0.717) is 33.7 Å². The van der Waals surface area contributed by atoms with Crippen LogP contribution in [0.2, 0.25) is 0 Å². The molecule has 0 fully saturated rings. The number of hydrogen-bond donors (Lipinski definition) is 1. The second-order valence-corrected chi connectivity index (χ2v) is 6.70. The molecule has 0 radical (unpaired) electrons. The number of nitrogens with one attached hydrogen (secondary N) is 1. The molecule has 1 N–H and O–H groups in total. The van der Waals surface area contributed by atoms with Crippen LogP contribution in [0.1, 0.15) is 16.1 Å². The maximum Gasteiger partial charge on any atom is 0.259 e. The molecule has 0 bridgehead atoms. The molecule has 6 heteroatoms. The number of carbonyl (C=O) groups is 1. The fraction of sp³-hybridized carbons (Fsp3) is 0.0435. The van der Waals surface area contributed by atoms with E-state index in [4.69, 9.17) is 4.52 Å². The largest absolute Gasteiger partial charge is 0.335 e. The molecule has 0 spiro atoms. The number of fused-ring (bicyclic) bond motifs is 2. The predicted octanol–water partition coefficient (Wildman–Crippen LogP) is 5.00. The number of amides is 1. The lowest BCUT2D eigenvalue weighted by Crippen LogP contribution is -2.13. The quantitative estimate of drug-likeness (QED) is 0.476. The van der Waals surface area contributed by atoms with E-state index in [1.807, 2.05) is 60.7 Å². The van der Waals surface area contributed by atoms with Gasteiger partial charge in [0.2, 0.25) is 0 Å². The Morgan fingerprint density at radius 3 is 2.72 bits per heavy atom. The van der Waals surface area contributed by atoms with Gasteiger partial charge in [-0.1, -0.05) is 41.6 Å². The van der Waals surface area contributed by atoms with Gasteiger partial charge in [-0.05, 0) is 37.3 Å². The third kappa shape index (κ3) is 3.00. The van der Waals surface area contributed by atoms with Gasteiger partial charge in [-0.2, -0.15) is 0 Å². The van der Waals surface area contributed by atoms with Gasteiger partial charge in [0.25, 0.3) is 11.6 Å². The van der Waals surface area contributed by atoms with Crippen LogP contribution in [-0.2, 0) is 0 Å². The highest BCUT2D eigenvalue weighted by atomic mass is 16.5. The first-order chi connectivity index (χ1) is 14.2. The monoisotopic (exact) mass is 380 g/mol. The minimum Gasteiger partial charge on any atom is -0.335 e. The molecule has 0 atom stereocenters. The zero-order valence-corrected chi connectivity index (χ0v) is 15.6. The van der Waals surface area contributed by atoms with Crippen LogP contribution in [0.25, 0.3) is 33.3 Å². The minimum atomic E-state index is -0.253. The summed E-state index contributed by atoms with van der Waals surface area (Å²) >= 11 is 0. The number of aryl methyl sites for hydroxylation is 1. The van der Waals surface area contributed by atoms with Crippen LogP contribution in [-0.4, -0.2) is 21.0 Å². The van der Waals surface area contributed by atoms with Crippen molar-refractivity contribution in [3.63, 3.8) is 0 Å². The molecule has 5 rings (SSSR count). The summed E-state index contributed by atoms with van der Waals surface area (Å²) < 4.78 is 5.37. The van der Waals surface area contributed by atoms with Gasteiger partial charge >= 0.3 is 0 Å². The molecule has 140 valence electrons. The fourth-order valence-electron chi connectivity index (χ4n) is 3.43. The van der Waals surface area contributed by atoms with Crippen molar-refractivity contribution in [2.24, 2.45) is 0 Å². The second-order valence-electron chi connectivity index (χ2n) is 6.70. The zero-order valence-electron chi connectivity index (χ0n) is 15.6. The molecule has 0 aliphatic rings. The van der Waals surface area contributed by atoms with Gasteiger partial charge in [0.1, 0.15) is 0 Å². The van der Waals surface area contributed by atoms with Gasteiger partial charge in [0.15, 0.2) is 0 Å². The Balaban J connectivity index is 1.63. The van der Waals surface area contributed by atoms with Gasteiger partial charge in [0, 0.05) is 17.1 Å². The van der Waals surface area contributed by atoms with Crippen molar-refractivity contribution in [3.05, 3.63) is 84.2 Å². The summed E-state index contributed by atoms with van der Waals surface area (Å²) in [5, 5.41) is 8.50. The van der Waals surface area contributed by atoms with Crippen molar-refractivity contribution in [3.8, 4) is 11.3 Å². The topological polar surface area (TPSA) is 80.9 Å². The molecule has 2 aromatic carbocycles. The van der Waals surface area contributed by atoms with Crippen molar-refractivity contribution >= 4 is 33.6 Å². The SMILES string of the molecule is Cc1noc2nc(-c3ccccc3)cc(C(=O)Nc3cccc4ncccc34)c12. The second kappa shape index (κ2) is 6.83. The predicted molar refractivity (Wildman–Crippen MR) is 112 cm³/mol. The van der Waals surface area contributed by atoms with Gasteiger partial charge in [0.05, 0.1) is 33.5 Å². The van der Waals surface area contributed by atoms with Crippen LogP contribution in [0.5, 0.6) is 0 Å². The average Bonchev–Trinajstić information content (AvgIpc) is 3.15. The molecule has 0 unspecified atom stereocenters. The number of pyridine rings is 2. The molecule has 29 heavy (non-hydrogen) atoms. The molecule has 0 saturated heterocycles. The number of aromatic nitrogens is 3. The van der Waals surface area contributed by atoms with E-state index in [1.54, 1.807) is 19.2 Å². The fourth-order valence-corrected chi connectivity index (χ4v) is 3.43. The number of hydrogen-bond acceptors (Lipinski definition) is 5. The molecule has 0 aliphatic heterocycles. The Morgan fingerprint density at radius 2 is 1.86 bits per heavy atom. The van der Waals surface area contributed by atoms with E-state index in [-0.39, 0.29) is 5.91 Å². The third-order valence-corrected chi connectivity index (χ3v) is 4.83. The van der Waals surface area contributed by atoms with Crippen LogP contribution >= 0.6 is 0 Å². The smallest absolute Gasteiger partial charge is 0.259 e. The lowest BCUT2D eigenvalue weighted by atomic mass is 10.0. The van der Waals surface area contributed by atoms with Crippen LogP contribution < -0.4 is 5.32 Å². The van der Waals surface area contributed by atoms with Crippen LogP contribution in [0.4, 0.5) is 5.69 Å². The van der Waals surface area contributed by atoms with Crippen molar-refractivity contribution in [2.75, 3.05) is 5.32 Å². The summed E-state index contributed by atoms with van der Waals surface area (Å²) in [5.74, 6) is -0.253. The summed E-state index contributed by atoms with van der Waals surface area (Å²) in [5.41, 5.74) is 4.49. The molecule has 5 aromatic rings. The maximum atomic E-state index is 13.3. The van der Waals surface area contributed by atoms with E-state index in [0.717, 1.165) is 16.5 Å². The summed E-state index contributed by atoms with van der Waals surface area (Å²) in [6.07, 6.45) is 1.73. The molecule has 0 saturated carbocycles. The zero-order chi connectivity index (χ0) is 19.8. The van der Waals surface area contributed by atoms with Crippen molar-refractivity contribution in [2.45, 2.75) is 6.92 Å². The Morgan fingerprint density at radius 1 is 1.00 bits per heavy atom. The first kappa shape index (κ1) is 17.1. The summed E-state index contributed by atoms with van der Waals surface area (Å²) in [4.78, 5) is 22.2. The average molecular weight is 380 g/mol. The molecule has 3 heterocycles. The number of anilines is 1. The summed E-state index contributed by atoms with van der Waals surface area (Å²) in [6.45, 7) is 1.80. The van der Waals surface area contributed by atoms with E-state index < -0.39 is 0 Å². The summed E-state index contributed by atoms with van der Waals surface area (Å²) in [6, 6.07) is 20.9. The van der Waals surface area contributed by atoms with E-state index in [1.165, 1.54) is 0 Å². The highest BCUT2D eigenvalue weighted by Crippen LogP contribution is 2.28. The Labute approximate surface area is 166 Å². The number of carbonyl (C=O) groups excluding carboxylic acids is 1. The molecule has 1 amide bonds. The lowest BCUT2D eigenvalue weighted by Gasteiger charge is -2.10. The number of nitrogens with zero attached hydrogens (tertiary/aromatic N) is 3. The van der Waals surface area contributed by atoms with Crippen molar-refractivity contribution in [1.82, 2.24) is 15.1 Å². The van der Waals surface area contributed by atoms with E-state index in [2.05, 4.69) is 20.4 Å². The van der Waals surface area contributed by atoms with Gasteiger partial charge in [-0.15, -0.1) is 0 Å². The van der Waals surface area contributed by atoms with Crippen molar-refractivity contribution in [1.29, 1.82) is 0 Å². The van der Waals surface area contributed by atoms with Crippen molar-refractivity contribution < 1.29 is 9.32 Å². The van der Waals surface area contributed by atoms with Crippen LogP contribution in [0, 0.1) is 6.92 Å². The highest BCUT2D eigenvalue weighted by Gasteiger charge is 2.20. The Kier molecular flexibility index (Phi) is 4.02. The number of rotatable bonds is 3. The standard InChI is InChI=1S/C23H16N4O2/c1-14-21-17(13-20(26-23(21)29-27-14)15-7-3-2-4-8-15)22(28)25-19-11-5-10-18-16(19)9-6-12-24-18/h2-13H,1H3,(H,25,28). The minimum absolute atomic E-state index is 0.253. The van der Waals surface area contributed by atoms with Gasteiger partial charge in [-0.25, -0.2) is 4.98 Å². The first-order valence-electron chi connectivity index (χ1n) is 9.18. The maximum absolute atomic E-state index is 13.3. The Bertz CT molecular complexity index is 1350. The molecule has 0 aliphatic carbocycles. The molecular formula is C23H16N4O2.